The maximum atomic E-state index is 10.4. The SMILES string of the molecule is Nc1c(O)c(Cl)cc([N+](=O)[O-])c1Cl. The van der Waals surface area contributed by atoms with Crippen molar-refractivity contribution in [3.05, 3.63) is 26.2 Å². The van der Waals surface area contributed by atoms with Gasteiger partial charge in [-0.1, -0.05) is 23.2 Å². The summed E-state index contributed by atoms with van der Waals surface area (Å²) in [6, 6.07) is 0.940. The number of nitro groups is 1. The summed E-state index contributed by atoms with van der Waals surface area (Å²) in [4.78, 5) is 9.63. The molecule has 0 aromatic heterocycles. The lowest BCUT2D eigenvalue weighted by molar-refractivity contribution is -0.384. The van der Waals surface area contributed by atoms with E-state index in [4.69, 9.17) is 34.0 Å². The van der Waals surface area contributed by atoms with Crippen LogP contribution in [0.15, 0.2) is 6.07 Å². The minimum atomic E-state index is -0.732. The number of phenols is 1. The Balaban J connectivity index is 3.50. The topological polar surface area (TPSA) is 89.4 Å². The zero-order valence-corrected chi connectivity index (χ0v) is 7.63. The standard InChI is InChI=1S/C6H4Cl2N2O3/c7-2-1-3(10(12)13)4(8)5(9)6(2)11/h1,11H,9H2. The number of nitro benzene ring substituents is 1. The lowest BCUT2D eigenvalue weighted by Crippen LogP contribution is -1.94. The molecule has 5 nitrogen and oxygen atoms in total. The van der Waals surface area contributed by atoms with Crippen molar-refractivity contribution in [3.63, 3.8) is 0 Å². The Labute approximate surface area is 82.8 Å². The van der Waals surface area contributed by atoms with Crippen LogP contribution in [0, 0.1) is 10.1 Å². The third kappa shape index (κ3) is 1.61. The van der Waals surface area contributed by atoms with E-state index in [-0.39, 0.29) is 15.7 Å². The molecule has 1 aromatic carbocycles. The number of nitrogens with two attached hydrogens (primary N) is 1. The molecule has 0 aliphatic carbocycles. The molecule has 0 unspecified atom stereocenters. The molecule has 0 aliphatic heterocycles. The molecule has 13 heavy (non-hydrogen) atoms. The van der Waals surface area contributed by atoms with Crippen molar-refractivity contribution < 1.29 is 10.0 Å². The zero-order chi connectivity index (χ0) is 10.2. The minimum absolute atomic E-state index is 0.200. The molecule has 0 saturated carbocycles. The van der Waals surface area contributed by atoms with Gasteiger partial charge in [0.05, 0.1) is 9.95 Å². The van der Waals surface area contributed by atoms with Crippen molar-refractivity contribution in [2.75, 3.05) is 5.73 Å². The molecule has 0 bridgehead atoms. The molecule has 0 atom stereocenters. The van der Waals surface area contributed by atoms with Crippen LogP contribution in [-0.4, -0.2) is 10.0 Å². The normalized spacial score (nSPS) is 10.0. The fourth-order valence-electron chi connectivity index (χ4n) is 0.755. The number of anilines is 1. The van der Waals surface area contributed by atoms with Gasteiger partial charge in [-0.05, 0) is 0 Å². The molecule has 70 valence electrons. The summed E-state index contributed by atoms with van der Waals surface area (Å²) in [5.74, 6) is -0.447. The molecule has 7 heteroatoms. The summed E-state index contributed by atoms with van der Waals surface area (Å²) in [6.45, 7) is 0. The molecule has 0 radical (unpaired) electrons. The predicted octanol–water partition coefficient (Wildman–Crippen LogP) is 2.19. The Hall–Kier alpha value is -1.20. The van der Waals surface area contributed by atoms with E-state index in [0.717, 1.165) is 6.07 Å². The maximum absolute atomic E-state index is 10.4. The number of halogens is 2. The first-order valence-corrected chi connectivity index (χ1v) is 3.81. The summed E-state index contributed by atoms with van der Waals surface area (Å²) in [6.07, 6.45) is 0. The Kier molecular flexibility index (Phi) is 2.49. The molecular weight excluding hydrogens is 219 g/mol. The fourth-order valence-corrected chi connectivity index (χ4v) is 1.17. The van der Waals surface area contributed by atoms with E-state index in [0.29, 0.717) is 0 Å². The van der Waals surface area contributed by atoms with E-state index in [1.54, 1.807) is 0 Å². The molecule has 0 aliphatic rings. The Morgan fingerprint density at radius 3 is 2.54 bits per heavy atom. The number of hydrogen-bond donors (Lipinski definition) is 2. The number of nitrogens with zero attached hydrogens (tertiary/aromatic N) is 1. The average Bonchev–Trinajstić information content (AvgIpc) is 2.07. The molecule has 1 aromatic rings. The molecule has 3 N–H and O–H groups in total. The van der Waals surface area contributed by atoms with Crippen LogP contribution in [0.1, 0.15) is 0 Å². The summed E-state index contributed by atoms with van der Waals surface area (Å²) in [5, 5.41) is 19.0. The molecule has 0 spiro atoms. The monoisotopic (exact) mass is 222 g/mol. The lowest BCUT2D eigenvalue weighted by Gasteiger charge is -2.03. The number of hydrogen-bond acceptors (Lipinski definition) is 4. The van der Waals surface area contributed by atoms with Crippen LogP contribution < -0.4 is 5.73 Å². The largest absolute Gasteiger partial charge is 0.504 e. The molecule has 1 rings (SSSR count). The van der Waals surface area contributed by atoms with Crippen molar-refractivity contribution in [3.8, 4) is 5.75 Å². The van der Waals surface area contributed by atoms with Gasteiger partial charge in [-0.2, -0.15) is 0 Å². The number of nitrogen functional groups attached to an aromatic ring is 1. The van der Waals surface area contributed by atoms with E-state index in [9.17, 15) is 10.1 Å². The van der Waals surface area contributed by atoms with Gasteiger partial charge in [0.15, 0.2) is 5.75 Å². The second kappa shape index (κ2) is 3.27. The van der Waals surface area contributed by atoms with Crippen molar-refractivity contribution >= 4 is 34.6 Å². The second-order valence-electron chi connectivity index (χ2n) is 2.21. The summed E-state index contributed by atoms with van der Waals surface area (Å²) in [5.41, 5.74) is 4.53. The van der Waals surface area contributed by atoms with Gasteiger partial charge in [0, 0.05) is 6.07 Å². The second-order valence-corrected chi connectivity index (χ2v) is 3.00. The van der Waals surface area contributed by atoms with E-state index in [2.05, 4.69) is 0 Å². The summed E-state index contributed by atoms with van der Waals surface area (Å²) < 4.78 is 0. The average molecular weight is 223 g/mol. The Morgan fingerprint density at radius 1 is 1.54 bits per heavy atom. The van der Waals surface area contributed by atoms with Crippen molar-refractivity contribution in [1.29, 1.82) is 0 Å². The third-order valence-corrected chi connectivity index (χ3v) is 2.09. The first-order chi connectivity index (χ1) is 5.95. The van der Waals surface area contributed by atoms with Crippen LogP contribution in [-0.2, 0) is 0 Å². The van der Waals surface area contributed by atoms with E-state index in [1.165, 1.54) is 0 Å². The lowest BCUT2D eigenvalue weighted by atomic mass is 10.2. The number of rotatable bonds is 1. The van der Waals surface area contributed by atoms with Gasteiger partial charge in [-0.25, -0.2) is 0 Å². The van der Waals surface area contributed by atoms with Crippen LogP contribution in [0.2, 0.25) is 10.0 Å². The van der Waals surface area contributed by atoms with Crippen molar-refractivity contribution in [2.45, 2.75) is 0 Å². The van der Waals surface area contributed by atoms with E-state index in [1.807, 2.05) is 0 Å². The Morgan fingerprint density at radius 2 is 2.08 bits per heavy atom. The van der Waals surface area contributed by atoms with Crippen molar-refractivity contribution in [2.24, 2.45) is 0 Å². The van der Waals surface area contributed by atoms with Crippen LogP contribution >= 0.6 is 23.2 Å². The molecule has 0 fully saturated rings. The van der Waals surface area contributed by atoms with Gasteiger partial charge in [0.2, 0.25) is 0 Å². The minimum Gasteiger partial charge on any atom is -0.504 e. The summed E-state index contributed by atoms with van der Waals surface area (Å²) in [7, 11) is 0. The van der Waals surface area contributed by atoms with Crippen LogP contribution in [0.25, 0.3) is 0 Å². The first kappa shape index (κ1) is 9.88. The fraction of sp³-hybridized carbons (Fsp3) is 0. The molecule has 0 heterocycles. The van der Waals surface area contributed by atoms with Crippen molar-refractivity contribution in [1.82, 2.24) is 0 Å². The first-order valence-electron chi connectivity index (χ1n) is 3.06. The highest BCUT2D eigenvalue weighted by molar-refractivity contribution is 6.38. The number of benzene rings is 1. The van der Waals surface area contributed by atoms with Crippen LogP contribution in [0.3, 0.4) is 0 Å². The molecular formula is C6H4Cl2N2O3. The quantitative estimate of drug-likeness (QED) is 0.330. The van der Waals surface area contributed by atoms with Crippen LogP contribution in [0.4, 0.5) is 11.4 Å². The summed E-state index contributed by atoms with van der Waals surface area (Å²) >= 11 is 10.9. The highest BCUT2D eigenvalue weighted by atomic mass is 35.5. The maximum Gasteiger partial charge on any atom is 0.291 e. The number of aromatic hydroxyl groups is 1. The van der Waals surface area contributed by atoms with E-state index < -0.39 is 16.4 Å². The number of phenolic OH excluding ortho intramolecular Hbond substituents is 1. The van der Waals surface area contributed by atoms with Crippen LogP contribution in [0.5, 0.6) is 5.75 Å². The van der Waals surface area contributed by atoms with Gasteiger partial charge in [0.1, 0.15) is 10.7 Å². The predicted molar refractivity (Wildman–Crippen MR) is 49.2 cm³/mol. The van der Waals surface area contributed by atoms with Gasteiger partial charge < -0.3 is 10.8 Å². The molecule has 0 saturated heterocycles. The Bertz CT molecular complexity index is 381. The third-order valence-electron chi connectivity index (χ3n) is 1.40. The zero-order valence-electron chi connectivity index (χ0n) is 6.12. The molecule has 0 amide bonds. The van der Waals surface area contributed by atoms with Gasteiger partial charge in [-0.3, -0.25) is 10.1 Å². The highest BCUT2D eigenvalue weighted by Gasteiger charge is 2.20. The highest BCUT2D eigenvalue weighted by Crippen LogP contribution is 2.41. The van der Waals surface area contributed by atoms with Gasteiger partial charge >= 0.3 is 0 Å². The van der Waals surface area contributed by atoms with Gasteiger partial charge in [0.25, 0.3) is 5.69 Å². The smallest absolute Gasteiger partial charge is 0.291 e. The van der Waals surface area contributed by atoms with Gasteiger partial charge in [-0.15, -0.1) is 0 Å². The van der Waals surface area contributed by atoms with E-state index >= 15 is 0 Å².